The van der Waals surface area contributed by atoms with E-state index in [0.717, 1.165) is 28.0 Å². The topological polar surface area (TPSA) is 56.5 Å². The smallest absolute Gasteiger partial charge is 0.108 e. The van der Waals surface area contributed by atoms with Crippen LogP contribution in [0.25, 0.3) is 11.3 Å². The predicted molar refractivity (Wildman–Crippen MR) is 66.1 cm³/mol. The van der Waals surface area contributed by atoms with Gasteiger partial charge in [-0.05, 0) is 41.4 Å². The first-order valence-corrected chi connectivity index (χ1v) is 6.26. The van der Waals surface area contributed by atoms with Gasteiger partial charge in [0.1, 0.15) is 5.69 Å². The Bertz CT molecular complexity index is 468. The molecule has 0 aliphatic carbocycles. The third kappa shape index (κ3) is 1.60. The number of rotatable bonds is 2. The lowest BCUT2D eigenvalue weighted by Crippen LogP contribution is -2.13. The standard InChI is InChI=1S/C11H13BrN4/c12-9-10(7-3-5-13-6-7)15-16-11(9)8-2-1-4-14-8/h3,5-6,8,13-14H,1-2,4H2,(H,15,16). The minimum Gasteiger partial charge on any atom is -0.367 e. The molecule has 16 heavy (non-hydrogen) atoms. The number of nitrogens with zero attached hydrogens (tertiary/aromatic N) is 1. The molecule has 0 radical (unpaired) electrons. The van der Waals surface area contributed by atoms with Crippen LogP contribution < -0.4 is 5.32 Å². The molecule has 1 saturated heterocycles. The van der Waals surface area contributed by atoms with Gasteiger partial charge in [0.05, 0.1) is 16.2 Å². The van der Waals surface area contributed by atoms with Crippen molar-refractivity contribution in [3.8, 4) is 11.3 Å². The van der Waals surface area contributed by atoms with Crippen LogP contribution in [-0.2, 0) is 0 Å². The predicted octanol–water partition coefficient (Wildman–Crippen LogP) is 2.59. The third-order valence-electron chi connectivity index (χ3n) is 3.01. The van der Waals surface area contributed by atoms with E-state index in [2.05, 4.69) is 36.4 Å². The molecule has 84 valence electrons. The summed E-state index contributed by atoms with van der Waals surface area (Å²) in [5.74, 6) is 0. The third-order valence-corrected chi connectivity index (χ3v) is 3.82. The number of nitrogens with one attached hydrogen (secondary N) is 3. The van der Waals surface area contributed by atoms with Gasteiger partial charge in [0.2, 0.25) is 0 Å². The minimum absolute atomic E-state index is 0.412. The summed E-state index contributed by atoms with van der Waals surface area (Å²) in [5, 5.41) is 11.0. The van der Waals surface area contributed by atoms with Crippen LogP contribution in [0.5, 0.6) is 0 Å². The number of halogens is 1. The maximum Gasteiger partial charge on any atom is 0.108 e. The Kier molecular flexibility index (Phi) is 2.57. The highest BCUT2D eigenvalue weighted by Crippen LogP contribution is 2.34. The van der Waals surface area contributed by atoms with Crippen LogP contribution in [0, 0.1) is 0 Å². The Labute approximate surface area is 102 Å². The molecule has 3 N–H and O–H groups in total. The average Bonchev–Trinajstić information content (AvgIpc) is 2.96. The van der Waals surface area contributed by atoms with E-state index in [-0.39, 0.29) is 0 Å². The van der Waals surface area contributed by atoms with Gasteiger partial charge >= 0.3 is 0 Å². The molecular formula is C11H13BrN4. The van der Waals surface area contributed by atoms with Gasteiger partial charge in [-0.15, -0.1) is 0 Å². The largest absolute Gasteiger partial charge is 0.367 e. The van der Waals surface area contributed by atoms with Crippen molar-refractivity contribution in [2.24, 2.45) is 0 Å². The highest BCUT2D eigenvalue weighted by molar-refractivity contribution is 9.10. The second-order valence-corrected chi connectivity index (χ2v) is 4.84. The van der Waals surface area contributed by atoms with Crippen LogP contribution in [0.2, 0.25) is 0 Å². The molecule has 2 aromatic heterocycles. The molecule has 2 aromatic rings. The summed E-state index contributed by atoms with van der Waals surface area (Å²) in [6, 6.07) is 2.43. The number of aromatic nitrogens is 3. The molecule has 3 rings (SSSR count). The number of hydrogen-bond acceptors (Lipinski definition) is 2. The molecule has 1 atom stereocenters. The molecule has 0 bridgehead atoms. The zero-order chi connectivity index (χ0) is 11.0. The van der Waals surface area contributed by atoms with E-state index < -0.39 is 0 Å². The lowest BCUT2D eigenvalue weighted by Gasteiger charge is -2.07. The molecule has 0 spiro atoms. The van der Waals surface area contributed by atoms with Gasteiger partial charge in [0, 0.05) is 18.0 Å². The normalized spacial score (nSPS) is 20.4. The molecule has 0 aromatic carbocycles. The van der Waals surface area contributed by atoms with Gasteiger partial charge < -0.3 is 10.3 Å². The van der Waals surface area contributed by atoms with Crippen LogP contribution in [0.15, 0.2) is 22.9 Å². The van der Waals surface area contributed by atoms with E-state index in [1.54, 1.807) is 0 Å². The van der Waals surface area contributed by atoms with Gasteiger partial charge in [-0.2, -0.15) is 5.10 Å². The Balaban J connectivity index is 1.97. The van der Waals surface area contributed by atoms with Crippen LogP contribution >= 0.6 is 15.9 Å². The summed E-state index contributed by atoms with van der Waals surface area (Å²) in [6.45, 7) is 1.09. The summed E-state index contributed by atoms with van der Waals surface area (Å²) >= 11 is 3.64. The highest BCUT2D eigenvalue weighted by atomic mass is 79.9. The Morgan fingerprint density at radius 1 is 1.44 bits per heavy atom. The maximum absolute atomic E-state index is 4.37. The zero-order valence-corrected chi connectivity index (χ0v) is 10.3. The molecule has 3 heterocycles. The monoisotopic (exact) mass is 280 g/mol. The second-order valence-electron chi connectivity index (χ2n) is 4.05. The fourth-order valence-corrected chi connectivity index (χ4v) is 2.85. The molecule has 4 nitrogen and oxygen atoms in total. The van der Waals surface area contributed by atoms with Crippen molar-refractivity contribution in [1.29, 1.82) is 0 Å². The van der Waals surface area contributed by atoms with E-state index in [1.807, 2.05) is 18.5 Å². The van der Waals surface area contributed by atoms with Gasteiger partial charge in [-0.1, -0.05) is 0 Å². The number of hydrogen-bond donors (Lipinski definition) is 3. The van der Waals surface area contributed by atoms with E-state index in [1.165, 1.54) is 12.8 Å². The van der Waals surface area contributed by atoms with E-state index in [9.17, 15) is 0 Å². The van der Waals surface area contributed by atoms with Crippen LogP contribution in [-0.4, -0.2) is 21.7 Å². The maximum atomic E-state index is 4.37. The number of aromatic amines is 2. The van der Waals surface area contributed by atoms with Crippen molar-refractivity contribution in [2.45, 2.75) is 18.9 Å². The van der Waals surface area contributed by atoms with E-state index >= 15 is 0 Å². The van der Waals surface area contributed by atoms with Gasteiger partial charge in [0.15, 0.2) is 0 Å². The Morgan fingerprint density at radius 3 is 3.06 bits per heavy atom. The van der Waals surface area contributed by atoms with Crippen molar-refractivity contribution >= 4 is 15.9 Å². The zero-order valence-electron chi connectivity index (χ0n) is 8.76. The molecular weight excluding hydrogens is 268 g/mol. The highest BCUT2D eigenvalue weighted by Gasteiger charge is 2.23. The van der Waals surface area contributed by atoms with Crippen LogP contribution in [0.4, 0.5) is 0 Å². The van der Waals surface area contributed by atoms with E-state index in [0.29, 0.717) is 6.04 Å². The molecule has 1 aliphatic rings. The summed E-state index contributed by atoms with van der Waals surface area (Å²) < 4.78 is 1.08. The minimum atomic E-state index is 0.412. The van der Waals surface area contributed by atoms with Crippen LogP contribution in [0.1, 0.15) is 24.6 Å². The van der Waals surface area contributed by atoms with Gasteiger partial charge in [-0.3, -0.25) is 5.10 Å². The van der Waals surface area contributed by atoms with Crippen molar-refractivity contribution in [1.82, 2.24) is 20.5 Å². The second kappa shape index (κ2) is 4.07. The van der Waals surface area contributed by atoms with Crippen LogP contribution in [0.3, 0.4) is 0 Å². The van der Waals surface area contributed by atoms with Gasteiger partial charge in [0.25, 0.3) is 0 Å². The first-order valence-electron chi connectivity index (χ1n) is 5.46. The summed E-state index contributed by atoms with van der Waals surface area (Å²) in [5.41, 5.74) is 3.24. The van der Waals surface area contributed by atoms with E-state index in [4.69, 9.17) is 0 Å². The molecule has 1 aliphatic heterocycles. The molecule has 1 fully saturated rings. The van der Waals surface area contributed by atoms with Crippen molar-refractivity contribution in [3.63, 3.8) is 0 Å². The van der Waals surface area contributed by atoms with Gasteiger partial charge in [-0.25, -0.2) is 0 Å². The summed E-state index contributed by atoms with van der Waals surface area (Å²) in [4.78, 5) is 3.04. The van der Waals surface area contributed by atoms with Crippen molar-refractivity contribution in [2.75, 3.05) is 6.54 Å². The fraction of sp³-hybridized carbons (Fsp3) is 0.364. The Morgan fingerprint density at radius 2 is 2.38 bits per heavy atom. The number of H-pyrrole nitrogens is 2. The summed E-state index contributed by atoms with van der Waals surface area (Å²) in [6.07, 6.45) is 6.26. The first-order chi connectivity index (χ1) is 7.86. The first kappa shape index (κ1) is 10.1. The molecule has 5 heteroatoms. The van der Waals surface area contributed by atoms with Crippen molar-refractivity contribution in [3.05, 3.63) is 28.6 Å². The quantitative estimate of drug-likeness (QED) is 0.792. The lowest BCUT2D eigenvalue weighted by atomic mass is 10.1. The summed E-state index contributed by atoms with van der Waals surface area (Å²) in [7, 11) is 0. The SMILES string of the molecule is Brc1c(-c2cc[nH]c2)n[nH]c1C1CCCN1. The van der Waals surface area contributed by atoms with Crippen molar-refractivity contribution < 1.29 is 0 Å². The molecule has 1 unspecified atom stereocenters. The lowest BCUT2D eigenvalue weighted by molar-refractivity contribution is 0.623. The molecule has 0 amide bonds. The Hall–Kier alpha value is -1.07. The average molecular weight is 281 g/mol. The fourth-order valence-electron chi connectivity index (χ4n) is 2.17. The molecule has 0 saturated carbocycles.